The largest absolute Gasteiger partial charge is 0.336 e. The molecule has 0 aliphatic carbocycles. The summed E-state index contributed by atoms with van der Waals surface area (Å²) >= 11 is 1.92. The van der Waals surface area contributed by atoms with Crippen molar-refractivity contribution in [3.05, 3.63) is 77.2 Å². The van der Waals surface area contributed by atoms with Crippen molar-refractivity contribution in [1.82, 2.24) is 15.1 Å². The van der Waals surface area contributed by atoms with Crippen LogP contribution in [0, 0.1) is 12.7 Å². The highest BCUT2D eigenvalue weighted by molar-refractivity contribution is 7.99. The van der Waals surface area contributed by atoms with E-state index in [1.54, 1.807) is 18.2 Å². The van der Waals surface area contributed by atoms with Gasteiger partial charge in [-0.05, 0) is 54.8 Å². The van der Waals surface area contributed by atoms with Crippen LogP contribution in [0.15, 0.2) is 54.6 Å². The molecule has 1 atom stereocenters. The fourth-order valence-corrected chi connectivity index (χ4v) is 4.87. The van der Waals surface area contributed by atoms with Crippen LogP contribution in [-0.2, 0) is 0 Å². The fourth-order valence-electron chi connectivity index (χ4n) is 3.54. The number of aryl methyl sites for hydroxylation is 1. The Morgan fingerprint density at radius 3 is 2.75 bits per heavy atom. The smallest absolute Gasteiger partial charge is 0.271 e. The zero-order chi connectivity index (χ0) is 19.5. The van der Waals surface area contributed by atoms with E-state index in [4.69, 9.17) is 0 Å². The Hall–Kier alpha value is -2.60. The van der Waals surface area contributed by atoms with Gasteiger partial charge in [-0.1, -0.05) is 24.3 Å². The van der Waals surface area contributed by atoms with Crippen molar-refractivity contribution < 1.29 is 9.18 Å². The van der Waals surface area contributed by atoms with Crippen molar-refractivity contribution in [3.63, 3.8) is 0 Å². The van der Waals surface area contributed by atoms with Crippen LogP contribution in [-0.4, -0.2) is 39.8 Å². The van der Waals surface area contributed by atoms with Gasteiger partial charge in [0.05, 0.1) is 5.69 Å². The molecule has 0 unspecified atom stereocenters. The third-order valence-corrected chi connectivity index (χ3v) is 6.42. The molecule has 1 aromatic heterocycles. The normalized spacial score (nSPS) is 17.4. The number of rotatable bonds is 3. The Kier molecular flexibility index (Phi) is 5.48. The minimum atomic E-state index is -0.291. The highest BCUT2D eigenvalue weighted by Gasteiger charge is 2.24. The Bertz CT molecular complexity index is 970. The van der Waals surface area contributed by atoms with E-state index in [0.29, 0.717) is 16.6 Å². The molecule has 1 aliphatic heterocycles. The van der Waals surface area contributed by atoms with Crippen LogP contribution in [0.2, 0.25) is 0 Å². The lowest BCUT2D eigenvalue weighted by atomic mass is 10.0. The number of hydrogen-bond donors (Lipinski definition) is 1. The number of nitrogens with one attached hydrogen (secondary N) is 1. The molecule has 0 spiro atoms. The van der Waals surface area contributed by atoms with Crippen LogP contribution in [0.4, 0.5) is 4.39 Å². The van der Waals surface area contributed by atoms with Gasteiger partial charge in [0.15, 0.2) is 0 Å². The number of hydrogen-bond acceptors (Lipinski definition) is 3. The number of amides is 1. The van der Waals surface area contributed by atoms with Crippen LogP contribution in [0.25, 0.3) is 11.3 Å². The molecule has 3 aromatic rings. The number of benzene rings is 2. The summed E-state index contributed by atoms with van der Waals surface area (Å²) in [6.45, 7) is 3.58. The molecule has 4 rings (SSSR count). The van der Waals surface area contributed by atoms with E-state index in [1.807, 2.05) is 16.7 Å². The molecule has 0 bridgehead atoms. The van der Waals surface area contributed by atoms with Crippen LogP contribution >= 0.6 is 11.8 Å². The van der Waals surface area contributed by atoms with Gasteiger partial charge in [0.1, 0.15) is 11.5 Å². The van der Waals surface area contributed by atoms with E-state index in [1.165, 1.54) is 23.3 Å². The van der Waals surface area contributed by atoms with Crippen molar-refractivity contribution in [2.75, 3.05) is 18.8 Å². The highest BCUT2D eigenvalue weighted by atomic mass is 32.2. The minimum Gasteiger partial charge on any atom is -0.336 e. The van der Waals surface area contributed by atoms with Crippen molar-refractivity contribution in [3.8, 4) is 11.3 Å². The number of carbonyl (C=O) groups excluding carboxylic acids is 1. The Morgan fingerprint density at radius 2 is 1.96 bits per heavy atom. The molecule has 1 fully saturated rings. The molecule has 28 heavy (non-hydrogen) atoms. The summed E-state index contributed by atoms with van der Waals surface area (Å²) in [6, 6.07) is 16.3. The van der Waals surface area contributed by atoms with Gasteiger partial charge in [0.2, 0.25) is 0 Å². The van der Waals surface area contributed by atoms with Gasteiger partial charge >= 0.3 is 0 Å². The molecular formula is C22H22FN3OS. The highest BCUT2D eigenvalue weighted by Crippen LogP contribution is 2.36. The maximum atomic E-state index is 13.1. The molecule has 0 saturated carbocycles. The first-order valence-electron chi connectivity index (χ1n) is 9.39. The van der Waals surface area contributed by atoms with Gasteiger partial charge in [-0.3, -0.25) is 9.89 Å². The van der Waals surface area contributed by atoms with E-state index in [9.17, 15) is 9.18 Å². The number of aromatic amines is 1. The summed E-state index contributed by atoms with van der Waals surface area (Å²) in [5.41, 5.74) is 4.56. The second-order valence-electron chi connectivity index (χ2n) is 6.97. The summed E-state index contributed by atoms with van der Waals surface area (Å²) < 4.78 is 13.1. The number of carbonyl (C=O) groups is 1. The molecule has 1 saturated heterocycles. The van der Waals surface area contributed by atoms with Crippen molar-refractivity contribution >= 4 is 17.7 Å². The van der Waals surface area contributed by atoms with Crippen molar-refractivity contribution in [1.29, 1.82) is 0 Å². The predicted octanol–water partition coefficient (Wildman–Crippen LogP) is 4.84. The van der Waals surface area contributed by atoms with E-state index in [2.05, 4.69) is 41.4 Å². The SMILES string of the molecule is Cc1ccccc1[C@@H]1CCN(C(=O)c2cc(-c3ccc(F)cc3)n[nH]2)CCS1. The molecule has 1 amide bonds. The lowest BCUT2D eigenvalue weighted by Gasteiger charge is -2.19. The molecule has 144 valence electrons. The zero-order valence-corrected chi connectivity index (χ0v) is 16.5. The Morgan fingerprint density at radius 1 is 1.18 bits per heavy atom. The summed E-state index contributed by atoms with van der Waals surface area (Å²) in [5, 5.41) is 7.49. The summed E-state index contributed by atoms with van der Waals surface area (Å²) in [6.07, 6.45) is 0.931. The zero-order valence-electron chi connectivity index (χ0n) is 15.7. The molecule has 2 heterocycles. The number of aromatic nitrogens is 2. The van der Waals surface area contributed by atoms with E-state index < -0.39 is 0 Å². The number of H-pyrrole nitrogens is 1. The van der Waals surface area contributed by atoms with Gasteiger partial charge in [-0.2, -0.15) is 16.9 Å². The van der Waals surface area contributed by atoms with E-state index in [0.717, 1.165) is 30.8 Å². The van der Waals surface area contributed by atoms with E-state index >= 15 is 0 Å². The van der Waals surface area contributed by atoms with Gasteiger partial charge < -0.3 is 4.90 Å². The van der Waals surface area contributed by atoms with Crippen LogP contribution in [0.3, 0.4) is 0 Å². The standard InChI is InChI=1S/C22H22FN3OS/c1-15-4-2-3-5-18(15)21-10-11-26(12-13-28-21)22(27)20-14-19(24-25-20)16-6-8-17(23)9-7-16/h2-9,14,21H,10-13H2,1H3,(H,24,25)/t21-/m0/s1. The first-order valence-corrected chi connectivity index (χ1v) is 10.4. The second kappa shape index (κ2) is 8.19. The van der Waals surface area contributed by atoms with Crippen LogP contribution < -0.4 is 0 Å². The number of thioether (sulfide) groups is 1. The molecule has 4 nitrogen and oxygen atoms in total. The van der Waals surface area contributed by atoms with Gasteiger partial charge in [-0.15, -0.1) is 0 Å². The lowest BCUT2D eigenvalue weighted by Crippen LogP contribution is -2.33. The lowest BCUT2D eigenvalue weighted by molar-refractivity contribution is 0.0760. The van der Waals surface area contributed by atoms with Crippen molar-refractivity contribution in [2.24, 2.45) is 0 Å². The van der Waals surface area contributed by atoms with Crippen LogP contribution in [0.1, 0.15) is 33.3 Å². The average molecular weight is 396 g/mol. The van der Waals surface area contributed by atoms with Gasteiger partial charge in [0.25, 0.3) is 5.91 Å². The van der Waals surface area contributed by atoms with E-state index in [-0.39, 0.29) is 11.7 Å². The maximum absolute atomic E-state index is 13.1. The molecule has 0 radical (unpaired) electrons. The first-order chi connectivity index (χ1) is 13.6. The first kappa shape index (κ1) is 18.7. The average Bonchev–Trinajstić information content (AvgIpc) is 3.07. The fraction of sp³-hybridized carbons (Fsp3) is 0.273. The third kappa shape index (κ3) is 3.97. The third-order valence-electron chi connectivity index (χ3n) is 5.11. The molecular weight excluding hydrogens is 373 g/mol. The quantitative estimate of drug-likeness (QED) is 0.690. The summed E-state index contributed by atoms with van der Waals surface area (Å²) in [5.74, 6) is 0.580. The number of halogens is 1. The molecule has 6 heteroatoms. The Labute approximate surface area is 168 Å². The number of nitrogens with zero attached hydrogens (tertiary/aromatic N) is 2. The summed E-state index contributed by atoms with van der Waals surface area (Å²) in [7, 11) is 0. The van der Waals surface area contributed by atoms with Crippen LogP contribution in [0.5, 0.6) is 0 Å². The topological polar surface area (TPSA) is 49.0 Å². The second-order valence-corrected chi connectivity index (χ2v) is 8.28. The van der Waals surface area contributed by atoms with Gasteiger partial charge in [0, 0.05) is 29.7 Å². The van der Waals surface area contributed by atoms with Gasteiger partial charge in [-0.25, -0.2) is 4.39 Å². The maximum Gasteiger partial charge on any atom is 0.271 e. The predicted molar refractivity (Wildman–Crippen MR) is 111 cm³/mol. The minimum absolute atomic E-state index is 0.0353. The molecule has 1 aliphatic rings. The van der Waals surface area contributed by atoms with Crippen molar-refractivity contribution in [2.45, 2.75) is 18.6 Å². The molecule has 2 aromatic carbocycles. The Balaban J connectivity index is 1.46. The monoisotopic (exact) mass is 395 g/mol. The summed E-state index contributed by atoms with van der Waals surface area (Å²) in [4.78, 5) is 14.8. The molecule has 1 N–H and O–H groups in total.